The number of carbonyl (C=O) groups is 2. The number of nitrogens with zero attached hydrogens (tertiary/aromatic N) is 6. The van der Waals surface area contributed by atoms with E-state index in [2.05, 4.69) is 37.0 Å². The van der Waals surface area contributed by atoms with Gasteiger partial charge in [0.2, 0.25) is 5.91 Å². The molecule has 0 unspecified atom stereocenters. The molecular formula is C24H23ClN8O3. The molecule has 3 aromatic heterocycles. The number of amides is 2. The Morgan fingerprint density at radius 1 is 1.22 bits per heavy atom. The average Bonchev–Trinajstić information content (AvgIpc) is 3.14. The minimum atomic E-state index is -0.718. The first kappa shape index (κ1) is 23.7. The Kier molecular flexibility index (Phi) is 5.64. The molecule has 36 heavy (non-hydrogen) atoms. The highest BCUT2D eigenvalue weighted by Crippen LogP contribution is 2.73. The molecule has 2 N–H and O–H groups in total. The summed E-state index contributed by atoms with van der Waals surface area (Å²) in [7, 11) is 1.63. The molecule has 3 aliphatic rings. The molecule has 0 saturated heterocycles. The molecule has 3 saturated carbocycles. The first-order valence-corrected chi connectivity index (χ1v) is 11.7. The van der Waals surface area contributed by atoms with Crippen molar-refractivity contribution in [2.45, 2.75) is 39.2 Å². The third kappa shape index (κ3) is 4.03. The van der Waals surface area contributed by atoms with Crippen molar-refractivity contribution in [1.29, 1.82) is 5.26 Å². The third-order valence-electron chi connectivity index (χ3n) is 6.79. The first-order valence-electron chi connectivity index (χ1n) is 11.3. The van der Waals surface area contributed by atoms with Crippen molar-refractivity contribution in [3.05, 3.63) is 46.9 Å². The van der Waals surface area contributed by atoms with Crippen LogP contribution in [0.4, 0.5) is 16.3 Å². The highest BCUT2D eigenvalue weighted by Gasteiger charge is 2.72. The number of rotatable bonds is 6. The van der Waals surface area contributed by atoms with Gasteiger partial charge in [-0.25, -0.2) is 14.5 Å². The second-order valence-corrected chi connectivity index (χ2v) is 9.92. The minimum absolute atomic E-state index is 0.0863. The van der Waals surface area contributed by atoms with Gasteiger partial charge in [0.15, 0.2) is 11.5 Å². The van der Waals surface area contributed by atoms with Crippen molar-refractivity contribution in [1.82, 2.24) is 25.0 Å². The molecule has 6 rings (SSSR count). The summed E-state index contributed by atoms with van der Waals surface area (Å²) in [4.78, 5) is 33.7. The van der Waals surface area contributed by atoms with E-state index in [9.17, 15) is 9.59 Å². The lowest BCUT2D eigenvalue weighted by Gasteiger charge is -2.65. The lowest BCUT2D eigenvalue weighted by atomic mass is 9.35. The van der Waals surface area contributed by atoms with Crippen LogP contribution in [0.1, 0.15) is 43.4 Å². The number of ether oxygens (including phenoxy) is 1. The summed E-state index contributed by atoms with van der Waals surface area (Å²) < 4.78 is 6.89. The normalized spacial score (nSPS) is 22.4. The van der Waals surface area contributed by atoms with Crippen LogP contribution in [-0.4, -0.2) is 37.0 Å². The van der Waals surface area contributed by atoms with E-state index in [-0.39, 0.29) is 16.5 Å². The Balaban J connectivity index is 1.25. The summed E-state index contributed by atoms with van der Waals surface area (Å²) in [6.45, 7) is 3.57. The van der Waals surface area contributed by atoms with Crippen molar-refractivity contribution in [2.24, 2.45) is 17.9 Å². The molecule has 2 bridgehead atoms. The van der Waals surface area contributed by atoms with E-state index in [1.54, 1.807) is 32.3 Å². The highest BCUT2D eigenvalue weighted by atomic mass is 35.5. The van der Waals surface area contributed by atoms with Crippen molar-refractivity contribution >= 4 is 35.1 Å². The summed E-state index contributed by atoms with van der Waals surface area (Å²) in [5, 5.41) is 23.1. The predicted molar refractivity (Wildman–Crippen MR) is 130 cm³/mol. The molecule has 3 heterocycles. The molecule has 12 heteroatoms. The van der Waals surface area contributed by atoms with Crippen molar-refractivity contribution in [2.75, 3.05) is 10.6 Å². The van der Waals surface area contributed by atoms with Crippen molar-refractivity contribution in [3.8, 4) is 17.5 Å². The van der Waals surface area contributed by atoms with E-state index in [0.29, 0.717) is 47.7 Å². The smallest absolute Gasteiger partial charge is 0.413 e. The molecular weight excluding hydrogens is 484 g/mol. The third-order valence-corrected chi connectivity index (χ3v) is 7.10. The number of hydrogen-bond acceptors (Lipinski definition) is 8. The molecule has 3 aliphatic carbocycles. The Labute approximate surface area is 211 Å². The zero-order chi connectivity index (χ0) is 25.7. The maximum Gasteiger partial charge on any atom is 0.413 e. The maximum absolute atomic E-state index is 12.6. The van der Waals surface area contributed by atoms with Gasteiger partial charge in [0.05, 0.1) is 34.5 Å². The van der Waals surface area contributed by atoms with E-state index in [0.717, 1.165) is 5.56 Å². The van der Waals surface area contributed by atoms with Crippen LogP contribution < -0.4 is 10.6 Å². The van der Waals surface area contributed by atoms with E-state index in [1.165, 1.54) is 10.9 Å². The zero-order valence-corrected chi connectivity index (χ0v) is 20.6. The fourth-order valence-electron chi connectivity index (χ4n) is 4.90. The van der Waals surface area contributed by atoms with Gasteiger partial charge in [-0.3, -0.25) is 15.1 Å². The number of nitriles is 1. The predicted octanol–water partition coefficient (Wildman–Crippen LogP) is 4.18. The molecule has 0 aromatic carbocycles. The van der Waals surface area contributed by atoms with Gasteiger partial charge >= 0.3 is 6.09 Å². The highest BCUT2D eigenvalue weighted by molar-refractivity contribution is 6.30. The second kappa shape index (κ2) is 8.57. The summed E-state index contributed by atoms with van der Waals surface area (Å²) in [6.07, 6.45) is 3.64. The van der Waals surface area contributed by atoms with Crippen LogP contribution in [0.15, 0.2) is 30.6 Å². The Morgan fingerprint density at radius 3 is 2.64 bits per heavy atom. The van der Waals surface area contributed by atoms with E-state index >= 15 is 0 Å². The van der Waals surface area contributed by atoms with Gasteiger partial charge in [0.1, 0.15) is 11.3 Å². The van der Waals surface area contributed by atoms with Gasteiger partial charge in [-0.2, -0.15) is 5.26 Å². The van der Waals surface area contributed by atoms with Crippen LogP contribution in [0.3, 0.4) is 0 Å². The van der Waals surface area contributed by atoms with Gasteiger partial charge in [0, 0.05) is 18.8 Å². The number of halogens is 1. The summed E-state index contributed by atoms with van der Waals surface area (Å²) in [5.41, 5.74) is 2.09. The SMILES string of the molecule is Cc1cnc(Cl)c([C@@H](C)OC(=O)Nc2c(-c3ccc(NC(=O)C45CC(C#N)(C4)C5)cn3)nnn2C)c1. The van der Waals surface area contributed by atoms with Crippen LogP contribution in [-0.2, 0) is 16.6 Å². The molecule has 1 atom stereocenters. The maximum atomic E-state index is 12.6. The largest absolute Gasteiger partial charge is 0.441 e. The second-order valence-electron chi connectivity index (χ2n) is 9.56. The van der Waals surface area contributed by atoms with Crippen LogP contribution in [0.5, 0.6) is 0 Å². The molecule has 2 amide bonds. The average molecular weight is 507 g/mol. The fraction of sp³-hybridized carbons (Fsp3) is 0.375. The van der Waals surface area contributed by atoms with E-state index in [4.69, 9.17) is 21.6 Å². The van der Waals surface area contributed by atoms with Gasteiger partial charge in [-0.1, -0.05) is 16.8 Å². The first-order chi connectivity index (χ1) is 17.1. The molecule has 0 radical (unpaired) electrons. The standard InChI is InChI=1S/C24H23ClN8O3/c1-13-6-16(19(25)28-7-13)14(2)36-22(35)30-20-18(31-32-33(20)3)17-5-4-15(8-27-17)29-21(34)24-9-23(10-24,11-24)12-26/h4-8,14H,9-11H2,1-3H3,(H,29,34)(H,30,35)/t14-,23?,24?/m1/s1. The quantitative estimate of drug-likeness (QED) is 0.473. The molecule has 0 aliphatic heterocycles. The number of hydrogen-bond donors (Lipinski definition) is 2. The Bertz CT molecular complexity index is 1390. The number of aryl methyl sites for hydroxylation is 2. The van der Waals surface area contributed by atoms with Crippen LogP contribution >= 0.6 is 11.6 Å². The summed E-state index contributed by atoms with van der Waals surface area (Å²) in [6, 6.07) is 7.49. The molecule has 184 valence electrons. The monoisotopic (exact) mass is 506 g/mol. The van der Waals surface area contributed by atoms with Crippen LogP contribution in [0.25, 0.3) is 11.4 Å². The zero-order valence-electron chi connectivity index (χ0n) is 19.9. The lowest BCUT2D eigenvalue weighted by Crippen LogP contribution is -2.65. The molecule has 11 nitrogen and oxygen atoms in total. The van der Waals surface area contributed by atoms with Gasteiger partial charge in [-0.15, -0.1) is 5.10 Å². The molecule has 0 spiro atoms. The number of aromatic nitrogens is 5. The topological polar surface area (TPSA) is 148 Å². The van der Waals surface area contributed by atoms with E-state index in [1.807, 2.05) is 13.0 Å². The van der Waals surface area contributed by atoms with Crippen LogP contribution in [0, 0.1) is 29.1 Å². The van der Waals surface area contributed by atoms with Crippen molar-refractivity contribution in [3.63, 3.8) is 0 Å². The summed E-state index contributed by atoms with van der Waals surface area (Å²) >= 11 is 6.15. The van der Waals surface area contributed by atoms with E-state index < -0.39 is 17.6 Å². The van der Waals surface area contributed by atoms with Gasteiger partial charge in [0.25, 0.3) is 0 Å². The number of anilines is 2. The Morgan fingerprint density at radius 2 is 1.97 bits per heavy atom. The minimum Gasteiger partial charge on any atom is -0.441 e. The van der Waals surface area contributed by atoms with Crippen molar-refractivity contribution < 1.29 is 14.3 Å². The number of pyridine rings is 2. The number of carbonyl (C=O) groups excluding carboxylic acids is 2. The molecule has 3 fully saturated rings. The van der Waals surface area contributed by atoms with Gasteiger partial charge in [-0.05, 0) is 56.9 Å². The molecule has 3 aromatic rings. The Hall–Kier alpha value is -4.04. The van der Waals surface area contributed by atoms with Gasteiger partial charge < -0.3 is 10.1 Å². The number of nitrogens with one attached hydrogen (secondary N) is 2. The van der Waals surface area contributed by atoms with Crippen LogP contribution in [0.2, 0.25) is 5.15 Å². The summed E-state index contributed by atoms with van der Waals surface area (Å²) in [5.74, 6) is 0.206. The lowest BCUT2D eigenvalue weighted by molar-refractivity contribution is -0.179. The fourth-order valence-corrected chi connectivity index (χ4v) is 5.16.